The summed E-state index contributed by atoms with van der Waals surface area (Å²) in [5.41, 5.74) is 1.78. The number of Topliss-reactive ketones (excluding diaryl/α,β-unsaturated/α-hetero) is 1. The second kappa shape index (κ2) is 9.09. The fourth-order valence-corrected chi connectivity index (χ4v) is 2.28. The second-order valence-electron chi connectivity index (χ2n) is 7.27. The number of nitrogens with one attached hydrogen (secondary N) is 1. The van der Waals surface area contributed by atoms with Gasteiger partial charge in [-0.2, -0.15) is 0 Å². The highest BCUT2D eigenvalue weighted by molar-refractivity contribution is 6.42. The summed E-state index contributed by atoms with van der Waals surface area (Å²) in [7, 11) is 0. The molecule has 0 aromatic heterocycles. The molecular formula is C22H26N2O2. The lowest BCUT2D eigenvalue weighted by Crippen LogP contribution is -2.34. The molecule has 0 aliphatic carbocycles. The van der Waals surface area contributed by atoms with E-state index in [1.54, 1.807) is 0 Å². The fourth-order valence-electron chi connectivity index (χ4n) is 2.28. The van der Waals surface area contributed by atoms with Gasteiger partial charge in [-0.25, -0.2) is 0 Å². The Balaban J connectivity index is 2.10. The van der Waals surface area contributed by atoms with E-state index >= 15 is 0 Å². The monoisotopic (exact) mass is 350 g/mol. The van der Waals surface area contributed by atoms with E-state index in [1.807, 2.05) is 81.4 Å². The largest absolute Gasteiger partial charge is 0.347 e. The Kier molecular flexibility index (Phi) is 6.84. The number of nitrogens with zero attached hydrogens (tertiary/aromatic N) is 1. The van der Waals surface area contributed by atoms with Crippen LogP contribution in [0.2, 0.25) is 0 Å². The van der Waals surface area contributed by atoms with E-state index < -0.39 is 5.41 Å². The predicted molar refractivity (Wildman–Crippen MR) is 105 cm³/mol. The average Bonchev–Trinajstić information content (AvgIpc) is 2.63. The first kappa shape index (κ1) is 19.6. The molecule has 136 valence electrons. The van der Waals surface area contributed by atoms with Crippen LogP contribution in [0.15, 0.2) is 65.7 Å². The summed E-state index contributed by atoms with van der Waals surface area (Å²) in [5, 5.41) is 2.87. The first-order chi connectivity index (χ1) is 12.4. The smallest absolute Gasteiger partial charge is 0.265 e. The molecule has 2 aromatic rings. The fraction of sp³-hybridized carbons (Fsp3) is 0.318. The molecule has 0 atom stereocenters. The SMILES string of the molecule is CC(C)(C)C(=O)CC(=NCc1ccccc1)C(=O)NCc1ccccc1. The maximum absolute atomic E-state index is 12.6. The molecule has 4 nitrogen and oxygen atoms in total. The number of carbonyl (C=O) groups is 2. The molecule has 2 aromatic carbocycles. The third-order valence-electron chi connectivity index (χ3n) is 4.02. The summed E-state index contributed by atoms with van der Waals surface area (Å²) >= 11 is 0. The van der Waals surface area contributed by atoms with Gasteiger partial charge in [-0.15, -0.1) is 0 Å². The van der Waals surface area contributed by atoms with E-state index in [0.29, 0.717) is 13.1 Å². The first-order valence-corrected chi connectivity index (χ1v) is 8.79. The van der Waals surface area contributed by atoms with Crippen LogP contribution in [0, 0.1) is 5.41 Å². The number of aliphatic imine (C=N–C) groups is 1. The number of amides is 1. The Morgan fingerprint density at radius 2 is 1.42 bits per heavy atom. The number of hydrogen-bond donors (Lipinski definition) is 1. The molecule has 0 heterocycles. The van der Waals surface area contributed by atoms with Crippen LogP contribution < -0.4 is 5.32 Å². The highest BCUT2D eigenvalue weighted by Crippen LogP contribution is 2.17. The van der Waals surface area contributed by atoms with Crippen molar-refractivity contribution in [2.24, 2.45) is 10.4 Å². The van der Waals surface area contributed by atoms with E-state index in [2.05, 4.69) is 10.3 Å². The van der Waals surface area contributed by atoms with Crippen LogP contribution in [-0.2, 0) is 22.7 Å². The standard InChI is InChI=1S/C22H26N2O2/c1-22(2,3)20(25)14-19(23-15-17-10-6-4-7-11-17)21(26)24-16-18-12-8-5-9-13-18/h4-13H,14-16H2,1-3H3,(H,24,26). The quantitative estimate of drug-likeness (QED) is 0.769. The van der Waals surface area contributed by atoms with Crippen molar-refractivity contribution in [3.8, 4) is 0 Å². The summed E-state index contributed by atoms with van der Waals surface area (Å²) in [6.45, 7) is 6.35. The lowest BCUT2D eigenvalue weighted by molar-refractivity contribution is -0.125. The highest BCUT2D eigenvalue weighted by atomic mass is 16.2. The van der Waals surface area contributed by atoms with Gasteiger partial charge in [0.15, 0.2) is 0 Å². The van der Waals surface area contributed by atoms with Crippen molar-refractivity contribution >= 4 is 17.4 Å². The molecule has 4 heteroatoms. The van der Waals surface area contributed by atoms with Crippen molar-refractivity contribution in [2.45, 2.75) is 40.3 Å². The maximum Gasteiger partial charge on any atom is 0.265 e. The van der Waals surface area contributed by atoms with Gasteiger partial charge in [0.25, 0.3) is 5.91 Å². The van der Waals surface area contributed by atoms with Crippen LogP contribution in [0.1, 0.15) is 38.3 Å². The molecule has 1 amide bonds. The zero-order valence-corrected chi connectivity index (χ0v) is 15.7. The summed E-state index contributed by atoms with van der Waals surface area (Å²) < 4.78 is 0. The minimum absolute atomic E-state index is 0.000766. The number of rotatable bonds is 7. The van der Waals surface area contributed by atoms with E-state index in [9.17, 15) is 9.59 Å². The molecule has 0 aliphatic rings. The minimum Gasteiger partial charge on any atom is -0.347 e. The van der Waals surface area contributed by atoms with Crippen molar-refractivity contribution < 1.29 is 9.59 Å². The minimum atomic E-state index is -0.507. The lowest BCUT2D eigenvalue weighted by atomic mass is 9.87. The number of ketones is 1. The van der Waals surface area contributed by atoms with Gasteiger partial charge in [0.2, 0.25) is 0 Å². The Hall–Kier alpha value is -2.75. The Bertz CT molecular complexity index is 760. The Morgan fingerprint density at radius 1 is 0.885 bits per heavy atom. The molecule has 0 saturated heterocycles. The predicted octanol–water partition coefficient (Wildman–Crippen LogP) is 3.95. The van der Waals surface area contributed by atoms with Crippen molar-refractivity contribution in [3.63, 3.8) is 0 Å². The highest BCUT2D eigenvalue weighted by Gasteiger charge is 2.25. The number of carbonyl (C=O) groups excluding carboxylic acids is 2. The molecule has 1 N–H and O–H groups in total. The van der Waals surface area contributed by atoms with Gasteiger partial charge in [-0.3, -0.25) is 14.6 Å². The van der Waals surface area contributed by atoms with Crippen molar-refractivity contribution in [2.75, 3.05) is 0 Å². The summed E-state index contributed by atoms with van der Waals surface area (Å²) in [6.07, 6.45) is 0.0386. The molecular weight excluding hydrogens is 324 g/mol. The lowest BCUT2D eigenvalue weighted by Gasteiger charge is -2.17. The van der Waals surface area contributed by atoms with Crippen molar-refractivity contribution in [3.05, 3.63) is 71.8 Å². The van der Waals surface area contributed by atoms with E-state index in [1.165, 1.54) is 0 Å². The third-order valence-corrected chi connectivity index (χ3v) is 4.02. The molecule has 0 saturated carbocycles. The second-order valence-corrected chi connectivity index (χ2v) is 7.27. The van der Waals surface area contributed by atoms with Crippen LogP contribution in [-0.4, -0.2) is 17.4 Å². The van der Waals surface area contributed by atoms with Crippen LogP contribution in [0.3, 0.4) is 0 Å². The third kappa shape index (κ3) is 6.28. The van der Waals surface area contributed by atoms with E-state index in [-0.39, 0.29) is 23.8 Å². The summed E-state index contributed by atoms with van der Waals surface area (Å²) in [5.74, 6) is -0.290. The zero-order chi connectivity index (χ0) is 19.0. The van der Waals surface area contributed by atoms with Crippen LogP contribution >= 0.6 is 0 Å². The van der Waals surface area contributed by atoms with Crippen LogP contribution in [0.25, 0.3) is 0 Å². The molecule has 0 spiro atoms. The number of benzene rings is 2. The van der Waals surface area contributed by atoms with Crippen molar-refractivity contribution in [1.82, 2.24) is 5.32 Å². The van der Waals surface area contributed by atoms with E-state index in [4.69, 9.17) is 0 Å². The molecule has 0 radical (unpaired) electrons. The molecule has 0 bridgehead atoms. The summed E-state index contributed by atoms with van der Waals surface area (Å²) in [6, 6.07) is 19.4. The van der Waals surface area contributed by atoms with Crippen LogP contribution in [0.5, 0.6) is 0 Å². The van der Waals surface area contributed by atoms with Gasteiger partial charge in [0.1, 0.15) is 11.5 Å². The van der Waals surface area contributed by atoms with Gasteiger partial charge in [-0.1, -0.05) is 81.4 Å². The zero-order valence-electron chi connectivity index (χ0n) is 15.7. The topological polar surface area (TPSA) is 58.5 Å². The van der Waals surface area contributed by atoms with Gasteiger partial charge in [-0.05, 0) is 11.1 Å². The number of hydrogen-bond acceptors (Lipinski definition) is 3. The van der Waals surface area contributed by atoms with E-state index in [0.717, 1.165) is 11.1 Å². The maximum atomic E-state index is 12.6. The van der Waals surface area contributed by atoms with Gasteiger partial charge >= 0.3 is 0 Å². The first-order valence-electron chi connectivity index (χ1n) is 8.79. The molecule has 0 aliphatic heterocycles. The normalized spacial score (nSPS) is 11.9. The Labute approximate surface area is 155 Å². The molecule has 2 rings (SSSR count). The molecule has 0 fully saturated rings. The van der Waals surface area contributed by atoms with Crippen molar-refractivity contribution in [1.29, 1.82) is 0 Å². The van der Waals surface area contributed by atoms with Gasteiger partial charge < -0.3 is 5.32 Å². The average molecular weight is 350 g/mol. The van der Waals surface area contributed by atoms with Gasteiger partial charge in [0, 0.05) is 12.0 Å². The van der Waals surface area contributed by atoms with Gasteiger partial charge in [0.05, 0.1) is 13.0 Å². The Morgan fingerprint density at radius 3 is 1.96 bits per heavy atom. The van der Waals surface area contributed by atoms with Crippen LogP contribution in [0.4, 0.5) is 0 Å². The molecule has 0 unspecified atom stereocenters. The molecule has 26 heavy (non-hydrogen) atoms. The summed E-state index contributed by atoms with van der Waals surface area (Å²) in [4.78, 5) is 29.5.